The second-order valence-electron chi connectivity index (χ2n) is 6.02. The smallest absolute Gasteiger partial charge is 0.200 e. The summed E-state index contributed by atoms with van der Waals surface area (Å²) in [6.45, 7) is 1.93. The summed E-state index contributed by atoms with van der Waals surface area (Å²) in [7, 11) is -3.53. The molecule has 3 atom stereocenters. The summed E-state index contributed by atoms with van der Waals surface area (Å²) >= 11 is 0. The van der Waals surface area contributed by atoms with Crippen LogP contribution < -0.4 is 4.83 Å². The number of hydrogen-bond donors (Lipinski definition) is 1. The van der Waals surface area contributed by atoms with Crippen molar-refractivity contribution in [2.75, 3.05) is 0 Å². The van der Waals surface area contributed by atoms with E-state index in [-0.39, 0.29) is 4.90 Å². The van der Waals surface area contributed by atoms with E-state index in [1.54, 1.807) is 30.5 Å². The highest BCUT2D eigenvalue weighted by molar-refractivity contribution is 7.89. The van der Waals surface area contributed by atoms with Crippen molar-refractivity contribution in [1.29, 1.82) is 0 Å². The van der Waals surface area contributed by atoms with E-state index in [9.17, 15) is 8.42 Å². The molecular formula is C15H20N2O2S. The highest BCUT2D eigenvalue weighted by Crippen LogP contribution is 2.47. The summed E-state index contributed by atoms with van der Waals surface area (Å²) < 4.78 is 24.1. The number of hydrazone groups is 1. The zero-order valence-corrected chi connectivity index (χ0v) is 12.4. The van der Waals surface area contributed by atoms with Gasteiger partial charge in [0.05, 0.1) is 4.90 Å². The second-order valence-corrected chi connectivity index (χ2v) is 7.69. The molecule has 0 spiro atoms. The van der Waals surface area contributed by atoms with Gasteiger partial charge in [0.1, 0.15) is 0 Å². The monoisotopic (exact) mass is 292 g/mol. The molecule has 0 radical (unpaired) electrons. The number of nitrogens with zero attached hydrogens (tertiary/aromatic N) is 1. The Hall–Kier alpha value is -1.36. The molecule has 1 aromatic rings. The number of sulfonamides is 1. The van der Waals surface area contributed by atoms with Gasteiger partial charge in [0.25, 0.3) is 10.0 Å². The normalized spacial score (nSPS) is 29.1. The minimum Gasteiger partial charge on any atom is -0.200 e. The quantitative estimate of drug-likeness (QED) is 0.685. The fourth-order valence-electron chi connectivity index (χ4n) is 3.44. The molecule has 3 unspecified atom stereocenters. The number of aryl methyl sites for hydroxylation is 1. The van der Waals surface area contributed by atoms with Crippen molar-refractivity contribution in [3.8, 4) is 0 Å². The van der Waals surface area contributed by atoms with E-state index in [4.69, 9.17) is 0 Å². The van der Waals surface area contributed by atoms with E-state index in [0.717, 1.165) is 11.5 Å². The summed E-state index contributed by atoms with van der Waals surface area (Å²) in [5.41, 5.74) is 1.04. The van der Waals surface area contributed by atoms with Crippen LogP contribution in [0.1, 0.15) is 31.2 Å². The van der Waals surface area contributed by atoms with Gasteiger partial charge in [-0.1, -0.05) is 24.1 Å². The SMILES string of the molecule is Cc1ccc(S(=O)(=O)N/N=C/C2CC3CCC2C3)cc1. The largest absolute Gasteiger partial charge is 0.276 e. The predicted molar refractivity (Wildman–Crippen MR) is 78.9 cm³/mol. The number of fused-ring (bicyclic) bond motifs is 2. The lowest BCUT2D eigenvalue weighted by Gasteiger charge is -2.16. The first kappa shape index (κ1) is 13.6. The average Bonchev–Trinajstić information content (AvgIpc) is 3.01. The van der Waals surface area contributed by atoms with E-state index in [1.807, 2.05) is 6.92 Å². The van der Waals surface area contributed by atoms with Crippen LogP contribution in [-0.4, -0.2) is 14.6 Å². The van der Waals surface area contributed by atoms with Gasteiger partial charge in [0, 0.05) is 6.21 Å². The van der Waals surface area contributed by atoms with Crippen LogP contribution in [0.25, 0.3) is 0 Å². The third kappa shape index (κ3) is 2.73. The second kappa shape index (κ2) is 5.20. The van der Waals surface area contributed by atoms with Crippen molar-refractivity contribution in [3.05, 3.63) is 29.8 Å². The van der Waals surface area contributed by atoms with Crippen molar-refractivity contribution in [2.45, 2.75) is 37.5 Å². The van der Waals surface area contributed by atoms with Crippen molar-refractivity contribution in [2.24, 2.45) is 22.9 Å². The van der Waals surface area contributed by atoms with Crippen molar-refractivity contribution >= 4 is 16.2 Å². The van der Waals surface area contributed by atoms with Gasteiger partial charge in [-0.05, 0) is 56.1 Å². The van der Waals surface area contributed by atoms with Gasteiger partial charge in [0.15, 0.2) is 0 Å². The van der Waals surface area contributed by atoms with E-state index in [1.165, 1.54) is 25.7 Å². The van der Waals surface area contributed by atoms with Crippen LogP contribution >= 0.6 is 0 Å². The first-order chi connectivity index (χ1) is 9.54. The highest BCUT2D eigenvalue weighted by atomic mass is 32.2. The molecule has 2 saturated carbocycles. The molecule has 2 aliphatic rings. The Kier molecular flexibility index (Phi) is 3.54. The molecule has 2 aliphatic carbocycles. The molecule has 0 heterocycles. The Bertz CT molecular complexity index is 607. The van der Waals surface area contributed by atoms with Gasteiger partial charge in [-0.3, -0.25) is 0 Å². The molecule has 0 saturated heterocycles. The molecule has 2 fully saturated rings. The molecule has 4 nitrogen and oxygen atoms in total. The van der Waals surface area contributed by atoms with Crippen LogP contribution in [0.3, 0.4) is 0 Å². The van der Waals surface area contributed by atoms with Crippen molar-refractivity contribution < 1.29 is 8.42 Å². The minimum atomic E-state index is -3.53. The summed E-state index contributed by atoms with van der Waals surface area (Å²) in [6.07, 6.45) is 6.87. The molecule has 2 bridgehead atoms. The van der Waals surface area contributed by atoms with Gasteiger partial charge in [0.2, 0.25) is 0 Å². The van der Waals surface area contributed by atoms with E-state index in [0.29, 0.717) is 11.8 Å². The van der Waals surface area contributed by atoms with Crippen LogP contribution in [0.15, 0.2) is 34.3 Å². The summed E-state index contributed by atoms with van der Waals surface area (Å²) in [5.74, 6) is 2.01. The maximum atomic E-state index is 12.1. The van der Waals surface area contributed by atoms with Crippen molar-refractivity contribution in [1.82, 2.24) is 4.83 Å². The number of nitrogens with one attached hydrogen (secondary N) is 1. The molecule has 0 aliphatic heterocycles. The van der Waals surface area contributed by atoms with E-state index >= 15 is 0 Å². The molecule has 0 aromatic heterocycles. The third-order valence-corrected chi connectivity index (χ3v) is 5.80. The van der Waals surface area contributed by atoms with Crippen molar-refractivity contribution in [3.63, 3.8) is 0 Å². The molecule has 108 valence electrons. The maximum absolute atomic E-state index is 12.1. The number of hydrogen-bond acceptors (Lipinski definition) is 3. The zero-order valence-electron chi connectivity index (χ0n) is 11.6. The van der Waals surface area contributed by atoms with Gasteiger partial charge in [-0.25, -0.2) is 4.83 Å². The Balaban J connectivity index is 1.64. The first-order valence-corrected chi connectivity index (χ1v) is 8.64. The topological polar surface area (TPSA) is 58.5 Å². The summed E-state index contributed by atoms with van der Waals surface area (Å²) in [6, 6.07) is 6.78. The maximum Gasteiger partial charge on any atom is 0.276 e. The van der Waals surface area contributed by atoms with E-state index in [2.05, 4.69) is 9.93 Å². The molecule has 1 N–H and O–H groups in total. The number of rotatable bonds is 4. The Morgan fingerprint density at radius 1 is 1.20 bits per heavy atom. The van der Waals surface area contributed by atoms with Crippen LogP contribution in [-0.2, 0) is 10.0 Å². The summed E-state index contributed by atoms with van der Waals surface area (Å²) in [5, 5.41) is 3.98. The van der Waals surface area contributed by atoms with E-state index < -0.39 is 10.0 Å². The van der Waals surface area contributed by atoms with Crippen LogP contribution in [0.5, 0.6) is 0 Å². The first-order valence-electron chi connectivity index (χ1n) is 7.16. The van der Waals surface area contributed by atoms with Gasteiger partial charge in [-0.2, -0.15) is 13.5 Å². The number of benzene rings is 1. The van der Waals surface area contributed by atoms with Gasteiger partial charge in [-0.15, -0.1) is 0 Å². The fraction of sp³-hybridized carbons (Fsp3) is 0.533. The van der Waals surface area contributed by atoms with Crippen LogP contribution in [0.2, 0.25) is 0 Å². The molecular weight excluding hydrogens is 272 g/mol. The lowest BCUT2D eigenvalue weighted by atomic mass is 9.90. The molecule has 1 aromatic carbocycles. The molecule has 20 heavy (non-hydrogen) atoms. The molecule has 3 rings (SSSR count). The lowest BCUT2D eigenvalue weighted by molar-refractivity contribution is 0.420. The lowest BCUT2D eigenvalue weighted by Crippen LogP contribution is -2.20. The average molecular weight is 292 g/mol. The highest BCUT2D eigenvalue weighted by Gasteiger charge is 2.38. The van der Waals surface area contributed by atoms with Crippen LogP contribution in [0, 0.1) is 24.7 Å². The van der Waals surface area contributed by atoms with Gasteiger partial charge >= 0.3 is 0 Å². The Labute approximate surface area is 120 Å². The summed E-state index contributed by atoms with van der Waals surface area (Å²) in [4.78, 5) is 2.58. The Morgan fingerprint density at radius 3 is 2.55 bits per heavy atom. The fourth-order valence-corrected chi connectivity index (χ4v) is 4.24. The van der Waals surface area contributed by atoms with Crippen LogP contribution in [0.4, 0.5) is 0 Å². The molecule has 0 amide bonds. The van der Waals surface area contributed by atoms with Gasteiger partial charge < -0.3 is 0 Å². The zero-order chi connectivity index (χ0) is 14.2. The minimum absolute atomic E-state index is 0.258. The standard InChI is InChI=1S/C15H20N2O2S/c1-11-2-6-15(7-3-11)20(18,19)17-16-10-14-9-12-4-5-13(14)8-12/h2-3,6-7,10,12-14,17H,4-5,8-9H2,1H3/b16-10+. The third-order valence-electron chi connectivity index (χ3n) is 4.56. The molecule has 5 heteroatoms. The Morgan fingerprint density at radius 2 is 1.95 bits per heavy atom. The predicted octanol–water partition coefficient (Wildman–Crippen LogP) is 2.70.